The molecule has 0 amide bonds. The second-order valence-electron chi connectivity index (χ2n) is 19.0. The van der Waals surface area contributed by atoms with E-state index in [1.54, 1.807) is 0 Å². The van der Waals surface area contributed by atoms with Gasteiger partial charge < -0.3 is 145 Å². The number of aliphatic imine (C=N–C) groups is 3. The van der Waals surface area contributed by atoms with E-state index in [2.05, 4.69) is 20.3 Å². The normalized spacial score (nSPS) is 42.4. The van der Waals surface area contributed by atoms with Crippen LogP contribution in [0.15, 0.2) is 15.0 Å². The average molecular weight is 1400 g/mol. The number of aliphatic hydroxyl groups is 7. The summed E-state index contributed by atoms with van der Waals surface area (Å²) >= 11 is 15.4. The molecule has 6 fully saturated rings. The fraction of sp³-hybridized carbons (Fsp3) is 0.921. The molecule has 0 bridgehead atoms. The summed E-state index contributed by atoms with van der Waals surface area (Å²) in [5.41, 5.74) is 19.9. The number of nitrogens with two attached hydrogens (primary N) is 4. The Morgan fingerprint density at radius 2 is 1.16 bits per heavy atom. The van der Waals surface area contributed by atoms with Gasteiger partial charge in [0.2, 0.25) is 0 Å². The van der Waals surface area contributed by atoms with Gasteiger partial charge in [-0.1, -0.05) is 35.4 Å². The molecule has 44 heteroatoms. The molecule has 27 atom stereocenters. The predicted octanol–water partition coefficient (Wildman–Crippen LogP) is -12.5. The second-order valence-corrected chi connectivity index (χ2v) is 27.1. The van der Waals surface area contributed by atoms with E-state index in [0.717, 1.165) is 6.21 Å². The minimum Gasteiger partial charge on any atom is -1.00 e. The summed E-state index contributed by atoms with van der Waals surface area (Å²) < 4.78 is 79.0. The van der Waals surface area contributed by atoms with Crippen molar-refractivity contribution in [1.29, 1.82) is 0 Å². The number of rotatable bonds is 26. The summed E-state index contributed by atoms with van der Waals surface area (Å²) in [5.74, 6) is -1.17. The Balaban J connectivity index is 0.00000588. The van der Waals surface area contributed by atoms with Gasteiger partial charge in [-0.2, -0.15) is 0 Å². The van der Waals surface area contributed by atoms with Crippen molar-refractivity contribution in [3.63, 3.8) is 0 Å². The van der Waals surface area contributed by atoms with Gasteiger partial charge in [0, 0.05) is 39.7 Å². The molecule has 1 saturated carbocycles. The van der Waals surface area contributed by atoms with Gasteiger partial charge in [0.1, 0.15) is 130 Å². The summed E-state index contributed by atoms with van der Waals surface area (Å²) in [6.45, 7) is -14.6. The number of methoxy groups -OCH3 is 1. The monoisotopic (exact) mass is 1400 g/mol. The molecular formula is C38H67B4IN8NaO24P3S3-3. The van der Waals surface area contributed by atoms with Crippen molar-refractivity contribution in [1.82, 2.24) is 5.32 Å². The maximum atomic E-state index is 13.6. The van der Waals surface area contributed by atoms with E-state index in [0.29, 0.717) is 0 Å². The van der Waals surface area contributed by atoms with Gasteiger partial charge in [-0.3, -0.25) is 4.99 Å². The van der Waals surface area contributed by atoms with Crippen molar-refractivity contribution in [2.24, 2.45) is 37.9 Å². The minimum atomic E-state index is -4.58. The maximum absolute atomic E-state index is 13.6. The van der Waals surface area contributed by atoms with Crippen LogP contribution in [-0.2, 0) is 100 Å². The third kappa shape index (κ3) is 20.3. The van der Waals surface area contributed by atoms with Crippen LogP contribution in [0.5, 0.6) is 0 Å². The van der Waals surface area contributed by atoms with E-state index in [9.17, 15) is 50.4 Å². The van der Waals surface area contributed by atoms with Gasteiger partial charge in [0.25, 0.3) is 0 Å². The number of hydrogen-bond acceptors (Lipinski definition) is 31. The number of aliphatic hydroxyl groups excluding tert-OH is 6. The zero-order valence-corrected chi connectivity index (χ0v) is 54.0. The average Bonchev–Trinajstić information content (AvgIpc) is 4.28. The standard InChI is InChI=1S/C38H68B3N8O24P3S3.B.HI.Na.H/c1-13-38(56,33(70-34-26(46-2)30(54)27(51)17(7-50)68-34)35(64-13)69-32-25(49-37(44)45)28(52)24(48-36(42)43)29(53)31(32)55)11-47-12-63-76(59,79)73-16-6-23(41)67-20(16)10-62-75(58,78)72-15-5-22(40)66-19(15)9-61-74(57,77)71-14-4-21(39)65-18(14)8-60-3;;;;/h11,13-35,46,50-56H,4-10,12H2,1-3H3,(H,57,77)(H,58,78)(H,59,79)(H4,42,43,48)(H4,44,45,49);;1H;;/q;;;+1;-1/p-3. The van der Waals surface area contributed by atoms with Crippen LogP contribution >= 0.6 is 44.1 Å². The zero-order valence-electron chi connectivity index (χ0n) is 45.5. The summed E-state index contributed by atoms with van der Waals surface area (Å²) in [6, 6.07) is -7.17. The van der Waals surface area contributed by atoms with Crippen molar-refractivity contribution in [2.75, 3.05) is 47.3 Å². The Labute approximate surface area is 534 Å². The fourth-order valence-corrected chi connectivity index (χ4v) is 13.7. The Morgan fingerprint density at radius 1 is 0.695 bits per heavy atom. The number of ether oxygens (including phenoxy) is 8. The van der Waals surface area contributed by atoms with E-state index >= 15 is 0 Å². The van der Waals surface area contributed by atoms with Gasteiger partial charge in [-0.15, -0.1) is 24.0 Å². The molecule has 82 heavy (non-hydrogen) atoms. The molecular weight excluding hydrogens is 1330 g/mol. The topological polar surface area (TPSA) is 493 Å². The molecule has 6 rings (SSSR count). The Kier molecular flexibility index (Phi) is 31.6. The largest absolute Gasteiger partial charge is 1.00 e. The number of guanidine groups is 2. The summed E-state index contributed by atoms with van der Waals surface area (Å²) in [4.78, 5) is 52.1. The van der Waals surface area contributed by atoms with E-state index in [1.807, 2.05) is 0 Å². The first-order chi connectivity index (χ1) is 36.9. The molecule has 1 aliphatic carbocycles. The van der Waals surface area contributed by atoms with Crippen LogP contribution < -0.4 is 72.5 Å². The molecule has 6 aliphatic rings. The molecule has 0 aromatic heterocycles. The SMILES string of the molecule is I.[B].[B]C1CC(OP([O-])(=S)OCC2OC([B])CC2OP([O-])(=S)OCC2OC([B])CC2OP([O-])(=S)OCN=CC2(O)C(C)OC(OC3C(O)C(O)C(N=C(N)N)C(O)C3N=C(N)N)C2OC2OC(CO)C(O)C(O)C2NC)C(COC)O1.[H-].[Na+]. The second kappa shape index (κ2) is 33.5. The van der Waals surface area contributed by atoms with Gasteiger partial charge in [0.05, 0.1) is 56.9 Å². The van der Waals surface area contributed by atoms with Gasteiger partial charge in [-0.25, -0.2) is 9.98 Å². The fourth-order valence-electron chi connectivity index (χ4n) is 9.48. The molecule has 0 spiro atoms. The quantitative estimate of drug-likeness (QED) is 0.0126. The molecule has 0 aromatic rings. The number of halogens is 1. The van der Waals surface area contributed by atoms with Gasteiger partial charge in [-0.05, 0) is 33.2 Å². The van der Waals surface area contributed by atoms with Crippen molar-refractivity contribution < 1.29 is 146 Å². The minimum absolute atomic E-state index is 0. The molecule has 5 heterocycles. The van der Waals surface area contributed by atoms with E-state index in [1.165, 1.54) is 21.1 Å². The van der Waals surface area contributed by atoms with Crippen LogP contribution in [0.2, 0.25) is 0 Å². The van der Waals surface area contributed by atoms with E-state index < -0.39 is 205 Å². The molecule has 459 valence electrons. The summed E-state index contributed by atoms with van der Waals surface area (Å²) in [6.07, 6.45) is -24.2. The van der Waals surface area contributed by atoms with E-state index in [4.69, 9.17) is 147 Å². The Morgan fingerprint density at radius 3 is 1.61 bits per heavy atom. The first-order valence-electron chi connectivity index (χ1n) is 24.3. The van der Waals surface area contributed by atoms with Crippen molar-refractivity contribution in [3.05, 3.63) is 0 Å². The molecule has 27 unspecified atom stereocenters. The molecule has 9 radical (unpaired) electrons. The van der Waals surface area contributed by atoms with Crippen LogP contribution in [0.1, 0.15) is 27.6 Å². The van der Waals surface area contributed by atoms with Crippen LogP contribution in [0.4, 0.5) is 0 Å². The Bertz CT molecular complexity index is 2290. The zero-order chi connectivity index (χ0) is 58.5. The third-order valence-corrected chi connectivity index (χ3v) is 18.0. The summed E-state index contributed by atoms with van der Waals surface area (Å²) in [7, 11) is 20.7. The Hall–Kier alpha value is 1.15. The first kappa shape index (κ1) is 77.4. The molecule has 5 aliphatic heterocycles. The van der Waals surface area contributed by atoms with Crippen LogP contribution in [0, 0.1) is 0 Å². The number of hydrogen-bond donors (Lipinski definition) is 12. The van der Waals surface area contributed by atoms with E-state index in [-0.39, 0.29) is 89.2 Å². The van der Waals surface area contributed by atoms with Gasteiger partial charge in [0.15, 0.2) is 30.1 Å². The number of likely N-dealkylation sites (N-methyl/N-ethyl adjacent to an activating group) is 1. The van der Waals surface area contributed by atoms with Crippen molar-refractivity contribution in [3.8, 4) is 0 Å². The molecule has 5 saturated heterocycles. The van der Waals surface area contributed by atoms with Gasteiger partial charge >= 0.3 is 29.6 Å². The van der Waals surface area contributed by atoms with Crippen LogP contribution in [-0.4, -0.2) is 279 Å². The predicted molar refractivity (Wildman–Crippen MR) is 302 cm³/mol. The van der Waals surface area contributed by atoms with Crippen molar-refractivity contribution >= 4 is 130 Å². The van der Waals surface area contributed by atoms with Crippen molar-refractivity contribution in [2.45, 2.75) is 172 Å². The smallest absolute Gasteiger partial charge is 1.00 e. The molecule has 0 aromatic carbocycles. The molecule has 32 nitrogen and oxygen atoms in total. The summed E-state index contributed by atoms with van der Waals surface area (Å²) in [5, 5.41) is 80.3. The number of nitrogens with one attached hydrogen (secondary N) is 1. The maximum Gasteiger partial charge on any atom is 1.00 e. The first-order valence-corrected chi connectivity index (χ1v) is 31.9. The molecule has 16 N–H and O–H groups in total. The third-order valence-electron chi connectivity index (χ3n) is 13.3. The van der Waals surface area contributed by atoms with Crippen LogP contribution in [0.3, 0.4) is 0 Å². The van der Waals surface area contributed by atoms with Crippen LogP contribution in [0.25, 0.3) is 0 Å². The number of nitrogens with zero attached hydrogens (tertiary/aromatic N) is 3.